The van der Waals surface area contributed by atoms with Crippen LogP contribution < -0.4 is 0 Å². The van der Waals surface area contributed by atoms with Crippen LogP contribution >= 0.6 is 11.6 Å². The molecule has 7 heteroatoms. The summed E-state index contributed by atoms with van der Waals surface area (Å²) in [5, 5.41) is 4.08. The van der Waals surface area contributed by atoms with Crippen LogP contribution in [0, 0.1) is 11.6 Å². The fourth-order valence-corrected chi connectivity index (χ4v) is 2.90. The van der Waals surface area contributed by atoms with E-state index >= 15 is 0 Å². The predicted molar refractivity (Wildman–Crippen MR) is 86.6 cm³/mol. The highest BCUT2D eigenvalue weighted by molar-refractivity contribution is 6.33. The molecule has 0 saturated carbocycles. The van der Waals surface area contributed by atoms with E-state index in [1.165, 1.54) is 29.0 Å². The summed E-state index contributed by atoms with van der Waals surface area (Å²) in [5.41, 5.74) is 1.00. The zero-order valence-electron chi connectivity index (χ0n) is 12.1. The normalized spacial score (nSPS) is 11.1. The Morgan fingerprint density at radius 1 is 0.875 bits per heavy atom. The molecule has 0 aliphatic carbocycles. The summed E-state index contributed by atoms with van der Waals surface area (Å²) in [6.45, 7) is 0. The average Bonchev–Trinajstić information content (AvgIpc) is 3.03. The maximum Gasteiger partial charge on any atom is 0.254 e. The lowest BCUT2D eigenvalue weighted by Crippen LogP contribution is -2.03. The van der Waals surface area contributed by atoms with Gasteiger partial charge in [-0.15, -0.1) is 0 Å². The van der Waals surface area contributed by atoms with Crippen LogP contribution in [0.1, 0.15) is 0 Å². The monoisotopic (exact) mass is 342 g/mol. The Bertz CT molecular complexity index is 1030. The van der Waals surface area contributed by atoms with E-state index < -0.39 is 11.6 Å². The number of hydrogen-bond acceptors (Lipinski definition) is 3. The summed E-state index contributed by atoms with van der Waals surface area (Å²) in [4.78, 5) is 8.12. The zero-order valence-corrected chi connectivity index (χ0v) is 12.9. The minimum atomic E-state index is -0.727. The van der Waals surface area contributed by atoms with Crippen LogP contribution in [-0.4, -0.2) is 19.6 Å². The second kappa shape index (κ2) is 5.65. The fourth-order valence-electron chi connectivity index (χ4n) is 2.64. The first-order valence-corrected chi connectivity index (χ1v) is 7.43. The number of halogens is 3. The molecular weight excluding hydrogens is 334 g/mol. The van der Waals surface area contributed by atoms with Crippen LogP contribution in [0.2, 0.25) is 5.15 Å². The standard InChI is InChI=1S/C17H9ClF2N4/c18-16-14(13-11(19)7-4-8-12(13)20)15(10-5-2-1-3-6-10)24-17(23-16)21-9-22-24/h1-9H. The minimum Gasteiger partial charge on any atom is -0.206 e. The zero-order chi connectivity index (χ0) is 16.7. The Morgan fingerprint density at radius 2 is 1.58 bits per heavy atom. The molecular formula is C17H9ClF2N4. The molecule has 0 N–H and O–H groups in total. The van der Waals surface area contributed by atoms with Gasteiger partial charge in [0.15, 0.2) is 0 Å². The molecule has 0 amide bonds. The Labute approximate surface area is 140 Å². The maximum atomic E-state index is 14.4. The van der Waals surface area contributed by atoms with Crippen LogP contribution in [0.4, 0.5) is 8.78 Å². The van der Waals surface area contributed by atoms with Gasteiger partial charge in [-0.25, -0.2) is 8.78 Å². The lowest BCUT2D eigenvalue weighted by atomic mass is 9.99. The first kappa shape index (κ1) is 14.7. The molecule has 0 aliphatic heterocycles. The van der Waals surface area contributed by atoms with Crippen molar-refractivity contribution in [1.82, 2.24) is 19.6 Å². The summed E-state index contributed by atoms with van der Waals surface area (Å²) in [6.07, 6.45) is 1.31. The smallest absolute Gasteiger partial charge is 0.206 e. The Hall–Kier alpha value is -2.86. The highest BCUT2D eigenvalue weighted by Crippen LogP contribution is 2.39. The molecule has 24 heavy (non-hydrogen) atoms. The number of fused-ring (bicyclic) bond motifs is 1. The first-order valence-electron chi connectivity index (χ1n) is 7.06. The van der Waals surface area contributed by atoms with Crippen molar-refractivity contribution in [3.8, 4) is 22.4 Å². The largest absolute Gasteiger partial charge is 0.254 e. The summed E-state index contributed by atoms with van der Waals surface area (Å²) < 4.78 is 30.2. The lowest BCUT2D eigenvalue weighted by Gasteiger charge is -2.14. The molecule has 0 atom stereocenters. The number of nitrogens with zero attached hydrogens (tertiary/aromatic N) is 4. The van der Waals surface area contributed by atoms with Crippen molar-refractivity contribution in [2.75, 3.05) is 0 Å². The predicted octanol–water partition coefficient (Wildman–Crippen LogP) is 4.39. The molecule has 0 unspecified atom stereocenters. The van der Waals surface area contributed by atoms with Crippen molar-refractivity contribution >= 4 is 17.4 Å². The van der Waals surface area contributed by atoms with Crippen molar-refractivity contribution in [3.05, 3.63) is 71.6 Å². The van der Waals surface area contributed by atoms with Gasteiger partial charge in [-0.2, -0.15) is 19.6 Å². The highest BCUT2D eigenvalue weighted by atomic mass is 35.5. The lowest BCUT2D eigenvalue weighted by molar-refractivity contribution is 0.589. The average molecular weight is 343 g/mol. The molecule has 2 heterocycles. The van der Waals surface area contributed by atoms with E-state index in [4.69, 9.17) is 11.6 Å². The van der Waals surface area contributed by atoms with E-state index in [0.717, 1.165) is 0 Å². The Morgan fingerprint density at radius 3 is 2.29 bits per heavy atom. The highest BCUT2D eigenvalue weighted by Gasteiger charge is 2.23. The van der Waals surface area contributed by atoms with Crippen LogP contribution in [0.15, 0.2) is 54.9 Å². The van der Waals surface area contributed by atoms with E-state index in [2.05, 4.69) is 15.1 Å². The summed E-state index contributed by atoms with van der Waals surface area (Å²) in [5.74, 6) is -1.20. The quantitative estimate of drug-likeness (QED) is 0.507. The van der Waals surface area contributed by atoms with Gasteiger partial charge in [0, 0.05) is 5.56 Å². The molecule has 0 fully saturated rings. The molecule has 4 aromatic rings. The molecule has 0 saturated heterocycles. The number of hydrogen-bond donors (Lipinski definition) is 0. The maximum absolute atomic E-state index is 14.4. The van der Waals surface area contributed by atoms with Gasteiger partial charge in [-0.05, 0) is 12.1 Å². The van der Waals surface area contributed by atoms with Gasteiger partial charge in [0.25, 0.3) is 5.78 Å². The van der Waals surface area contributed by atoms with E-state index in [1.54, 1.807) is 12.1 Å². The molecule has 4 nitrogen and oxygen atoms in total. The number of aromatic nitrogens is 4. The van der Waals surface area contributed by atoms with Gasteiger partial charge >= 0.3 is 0 Å². The van der Waals surface area contributed by atoms with Crippen LogP contribution in [-0.2, 0) is 0 Å². The summed E-state index contributed by atoms with van der Waals surface area (Å²) in [6, 6.07) is 12.7. The van der Waals surface area contributed by atoms with Crippen molar-refractivity contribution in [2.45, 2.75) is 0 Å². The fraction of sp³-hybridized carbons (Fsp3) is 0. The van der Waals surface area contributed by atoms with Gasteiger partial charge in [0.2, 0.25) is 0 Å². The Balaban J connectivity index is 2.18. The second-order valence-electron chi connectivity index (χ2n) is 5.06. The van der Waals surface area contributed by atoms with Crippen LogP contribution in [0.5, 0.6) is 0 Å². The van der Waals surface area contributed by atoms with E-state index in [9.17, 15) is 8.78 Å². The van der Waals surface area contributed by atoms with Crippen molar-refractivity contribution in [1.29, 1.82) is 0 Å². The third-order valence-corrected chi connectivity index (χ3v) is 3.92. The SMILES string of the molecule is Fc1cccc(F)c1-c1c(Cl)nc2ncnn2c1-c1ccccc1. The minimum absolute atomic E-state index is 0.0432. The molecule has 0 radical (unpaired) electrons. The molecule has 0 spiro atoms. The number of benzene rings is 2. The van der Waals surface area contributed by atoms with Gasteiger partial charge in [0.05, 0.1) is 16.8 Å². The molecule has 0 aliphatic rings. The van der Waals surface area contributed by atoms with Crippen LogP contribution in [0.3, 0.4) is 0 Å². The van der Waals surface area contributed by atoms with Crippen molar-refractivity contribution in [3.63, 3.8) is 0 Å². The first-order chi connectivity index (χ1) is 11.7. The summed E-state index contributed by atoms with van der Waals surface area (Å²) >= 11 is 6.27. The van der Waals surface area contributed by atoms with Gasteiger partial charge in [0.1, 0.15) is 23.1 Å². The number of rotatable bonds is 2. The third-order valence-electron chi connectivity index (χ3n) is 3.64. The molecule has 4 rings (SSSR count). The van der Waals surface area contributed by atoms with Crippen molar-refractivity contribution in [2.24, 2.45) is 0 Å². The van der Waals surface area contributed by atoms with Crippen molar-refractivity contribution < 1.29 is 8.78 Å². The van der Waals surface area contributed by atoms with Gasteiger partial charge in [-0.1, -0.05) is 48.0 Å². The van der Waals surface area contributed by atoms with Gasteiger partial charge < -0.3 is 0 Å². The Kier molecular flexibility index (Phi) is 3.46. The van der Waals surface area contributed by atoms with Gasteiger partial charge in [-0.3, -0.25) is 0 Å². The topological polar surface area (TPSA) is 43.1 Å². The van der Waals surface area contributed by atoms with E-state index in [-0.39, 0.29) is 22.1 Å². The molecule has 0 bridgehead atoms. The third kappa shape index (κ3) is 2.23. The second-order valence-corrected chi connectivity index (χ2v) is 5.42. The summed E-state index contributed by atoms with van der Waals surface area (Å²) in [7, 11) is 0. The molecule has 2 aromatic heterocycles. The van der Waals surface area contributed by atoms with E-state index in [1.807, 2.05) is 18.2 Å². The molecule has 2 aromatic carbocycles. The van der Waals surface area contributed by atoms with E-state index in [0.29, 0.717) is 11.3 Å². The van der Waals surface area contributed by atoms with Crippen LogP contribution in [0.25, 0.3) is 28.2 Å². The molecule has 118 valence electrons.